The molecule has 116 valence electrons. The SMILES string of the molecule is CCCCCCOc1ccc(NC(=O)CCC(N)=O)cc1. The summed E-state index contributed by atoms with van der Waals surface area (Å²) in [5.41, 5.74) is 5.68. The van der Waals surface area contributed by atoms with Crippen molar-refractivity contribution in [1.82, 2.24) is 0 Å². The van der Waals surface area contributed by atoms with Crippen molar-refractivity contribution in [2.75, 3.05) is 11.9 Å². The Morgan fingerprint density at radius 2 is 1.81 bits per heavy atom. The number of anilines is 1. The van der Waals surface area contributed by atoms with E-state index in [-0.39, 0.29) is 18.7 Å². The van der Waals surface area contributed by atoms with Gasteiger partial charge in [-0.15, -0.1) is 0 Å². The van der Waals surface area contributed by atoms with Crippen LogP contribution in [0.3, 0.4) is 0 Å². The molecule has 5 nitrogen and oxygen atoms in total. The minimum atomic E-state index is -0.475. The van der Waals surface area contributed by atoms with Gasteiger partial charge in [0.05, 0.1) is 6.61 Å². The highest BCUT2D eigenvalue weighted by molar-refractivity contribution is 5.92. The van der Waals surface area contributed by atoms with E-state index in [9.17, 15) is 9.59 Å². The summed E-state index contributed by atoms with van der Waals surface area (Å²) in [5.74, 6) is 0.0978. The standard InChI is InChI=1S/C16H24N2O3/c1-2-3-4-5-12-21-14-8-6-13(7-9-14)18-16(20)11-10-15(17)19/h6-9H,2-5,10-12H2,1H3,(H2,17,19)(H,18,20). The van der Waals surface area contributed by atoms with Crippen LogP contribution in [0.4, 0.5) is 5.69 Å². The number of hydrogen-bond acceptors (Lipinski definition) is 3. The van der Waals surface area contributed by atoms with Crippen molar-refractivity contribution < 1.29 is 14.3 Å². The van der Waals surface area contributed by atoms with E-state index in [1.165, 1.54) is 19.3 Å². The van der Waals surface area contributed by atoms with Crippen molar-refractivity contribution >= 4 is 17.5 Å². The van der Waals surface area contributed by atoms with Gasteiger partial charge in [0.2, 0.25) is 11.8 Å². The third kappa shape index (κ3) is 7.97. The first-order valence-electron chi connectivity index (χ1n) is 7.43. The van der Waals surface area contributed by atoms with Crippen LogP contribution in [0.15, 0.2) is 24.3 Å². The van der Waals surface area contributed by atoms with Gasteiger partial charge in [-0.3, -0.25) is 9.59 Å². The highest BCUT2D eigenvalue weighted by Gasteiger charge is 2.04. The zero-order chi connectivity index (χ0) is 15.5. The van der Waals surface area contributed by atoms with Gasteiger partial charge in [0, 0.05) is 18.5 Å². The summed E-state index contributed by atoms with van der Waals surface area (Å²) in [6.45, 7) is 2.89. The first kappa shape index (κ1) is 17.0. The fourth-order valence-electron chi connectivity index (χ4n) is 1.81. The molecule has 0 radical (unpaired) electrons. The highest BCUT2D eigenvalue weighted by Crippen LogP contribution is 2.16. The zero-order valence-electron chi connectivity index (χ0n) is 12.6. The van der Waals surface area contributed by atoms with Gasteiger partial charge in [-0.2, -0.15) is 0 Å². The molecule has 3 N–H and O–H groups in total. The molecule has 5 heteroatoms. The lowest BCUT2D eigenvalue weighted by Gasteiger charge is -2.08. The fourth-order valence-corrected chi connectivity index (χ4v) is 1.81. The third-order valence-electron chi connectivity index (χ3n) is 3.00. The Labute approximate surface area is 125 Å². The second-order valence-corrected chi connectivity index (χ2v) is 4.95. The molecule has 0 atom stereocenters. The lowest BCUT2D eigenvalue weighted by Crippen LogP contribution is -2.17. The summed E-state index contributed by atoms with van der Waals surface area (Å²) in [6.07, 6.45) is 4.85. The van der Waals surface area contributed by atoms with Gasteiger partial charge < -0.3 is 15.8 Å². The van der Waals surface area contributed by atoms with Crippen molar-refractivity contribution in [2.45, 2.75) is 45.4 Å². The maximum absolute atomic E-state index is 11.5. The van der Waals surface area contributed by atoms with Crippen LogP contribution in [0.2, 0.25) is 0 Å². The number of nitrogens with two attached hydrogens (primary N) is 1. The summed E-state index contributed by atoms with van der Waals surface area (Å²) in [4.78, 5) is 22.1. The van der Waals surface area contributed by atoms with Crippen LogP contribution >= 0.6 is 0 Å². The Balaban J connectivity index is 2.29. The molecular formula is C16H24N2O3. The second-order valence-electron chi connectivity index (χ2n) is 4.95. The lowest BCUT2D eigenvalue weighted by atomic mass is 10.2. The lowest BCUT2D eigenvalue weighted by molar-refractivity contribution is -0.122. The first-order chi connectivity index (χ1) is 10.1. The van der Waals surface area contributed by atoms with Crippen molar-refractivity contribution in [3.63, 3.8) is 0 Å². The van der Waals surface area contributed by atoms with E-state index in [2.05, 4.69) is 12.2 Å². The van der Waals surface area contributed by atoms with Crippen LogP contribution < -0.4 is 15.8 Å². The number of rotatable bonds is 10. The Morgan fingerprint density at radius 1 is 1.10 bits per heavy atom. The van der Waals surface area contributed by atoms with E-state index in [1.807, 2.05) is 12.1 Å². The smallest absolute Gasteiger partial charge is 0.224 e. The van der Waals surface area contributed by atoms with Gasteiger partial charge in [0.15, 0.2) is 0 Å². The number of unbranched alkanes of at least 4 members (excludes halogenated alkanes) is 3. The minimum absolute atomic E-state index is 0.0603. The molecule has 0 bridgehead atoms. The van der Waals surface area contributed by atoms with Gasteiger partial charge >= 0.3 is 0 Å². The van der Waals surface area contributed by atoms with E-state index in [0.29, 0.717) is 12.3 Å². The average molecular weight is 292 g/mol. The van der Waals surface area contributed by atoms with E-state index < -0.39 is 5.91 Å². The quantitative estimate of drug-likeness (QED) is 0.651. The number of hydrogen-bond donors (Lipinski definition) is 2. The number of carbonyl (C=O) groups is 2. The maximum Gasteiger partial charge on any atom is 0.224 e. The molecular weight excluding hydrogens is 268 g/mol. The van der Waals surface area contributed by atoms with Gasteiger partial charge in [-0.1, -0.05) is 26.2 Å². The van der Waals surface area contributed by atoms with E-state index >= 15 is 0 Å². The molecule has 1 aromatic rings. The van der Waals surface area contributed by atoms with Gasteiger partial charge in [-0.25, -0.2) is 0 Å². The Kier molecular flexibility index (Phi) is 7.94. The second kappa shape index (κ2) is 9.80. The monoisotopic (exact) mass is 292 g/mol. The molecule has 0 heterocycles. The van der Waals surface area contributed by atoms with Crippen LogP contribution in [-0.4, -0.2) is 18.4 Å². The van der Waals surface area contributed by atoms with E-state index in [4.69, 9.17) is 10.5 Å². The molecule has 21 heavy (non-hydrogen) atoms. The van der Waals surface area contributed by atoms with Crippen LogP contribution in [0.1, 0.15) is 45.4 Å². The Hall–Kier alpha value is -2.04. The van der Waals surface area contributed by atoms with Gasteiger partial charge in [0.25, 0.3) is 0 Å². The fraction of sp³-hybridized carbons (Fsp3) is 0.500. The molecule has 1 aromatic carbocycles. The van der Waals surface area contributed by atoms with Gasteiger partial charge in [-0.05, 0) is 30.7 Å². The maximum atomic E-state index is 11.5. The Morgan fingerprint density at radius 3 is 2.43 bits per heavy atom. The largest absolute Gasteiger partial charge is 0.494 e. The molecule has 0 fully saturated rings. The molecule has 0 saturated heterocycles. The van der Waals surface area contributed by atoms with Crippen molar-refractivity contribution in [2.24, 2.45) is 5.73 Å². The average Bonchev–Trinajstić information content (AvgIpc) is 2.47. The predicted molar refractivity (Wildman–Crippen MR) is 83.1 cm³/mol. The van der Waals surface area contributed by atoms with E-state index in [0.717, 1.165) is 12.2 Å². The summed E-state index contributed by atoms with van der Waals surface area (Å²) in [6, 6.07) is 7.21. The molecule has 0 aliphatic rings. The summed E-state index contributed by atoms with van der Waals surface area (Å²) < 4.78 is 5.62. The number of primary amides is 1. The molecule has 0 aliphatic heterocycles. The number of nitrogens with one attached hydrogen (secondary N) is 1. The van der Waals surface area contributed by atoms with Crippen LogP contribution in [0.5, 0.6) is 5.75 Å². The third-order valence-corrected chi connectivity index (χ3v) is 3.00. The highest BCUT2D eigenvalue weighted by atomic mass is 16.5. The topological polar surface area (TPSA) is 81.4 Å². The number of carbonyl (C=O) groups excluding carboxylic acids is 2. The van der Waals surface area contributed by atoms with Crippen LogP contribution in [-0.2, 0) is 9.59 Å². The zero-order valence-corrected chi connectivity index (χ0v) is 12.6. The van der Waals surface area contributed by atoms with Crippen LogP contribution in [0.25, 0.3) is 0 Å². The molecule has 0 unspecified atom stereocenters. The number of ether oxygens (including phenoxy) is 1. The number of amides is 2. The minimum Gasteiger partial charge on any atom is -0.494 e. The van der Waals surface area contributed by atoms with Gasteiger partial charge in [0.1, 0.15) is 5.75 Å². The summed E-state index contributed by atoms with van der Waals surface area (Å²) >= 11 is 0. The predicted octanol–water partition coefficient (Wildman–Crippen LogP) is 2.85. The molecule has 0 spiro atoms. The summed E-state index contributed by atoms with van der Waals surface area (Å²) in [7, 11) is 0. The first-order valence-corrected chi connectivity index (χ1v) is 7.43. The van der Waals surface area contributed by atoms with Crippen LogP contribution in [0, 0.1) is 0 Å². The summed E-state index contributed by atoms with van der Waals surface area (Å²) in [5, 5.41) is 2.71. The molecule has 0 aromatic heterocycles. The molecule has 2 amide bonds. The normalized spacial score (nSPS) is 10.1. The molecule has 1 rings (SSSR count). The number of benzene rings is 1. The van der Waals surface area contributed by atoms with E-state index in [1.54, 1.807) is 12.1 Å². The molecule has 0 saturated carbocycles. The Bertz CT molecular complexity index is 443. The van der Waals surface area contributed by atoms with Crippen molar-refractivity contribution in [1.29, 1.82) is 0 Å². The van der Waals surface area contributed by atoms with Crippen molar-refractivity contribution in [3.8, 4) is 5.75 Å². The molecule has 0 aliphatic carbocycles. The van der Waals surface area contributed by atoms with Crippen molar-refractivity contribution in [3.05, 3.63) is 24.3 Å².